The molecule has 0 atom stereocenters. The molecule has 0 aliphatic heterocycles. The summed E-state index contributed by atoms with van der Waals surface area (Å²) in [6, 6.07) is 4.16. The van der Waals surface area contributed by atoms with Gasteiger partial charge in [-0.25, -0.2) is 12.8 Å². The van der Waals surface area contributed by atoms with E-state index in [0.29, 0.717) is 6.42 Å². The minimum Gasteiger partial charge on any atom is -0.352 e. The molecule has 0 aliphatic carbocycles. The molecule has 0 heterocycles. The lowest BCUT2D eigenvalue weighted by Crippen LogP contribution is -2.26. The van der Waals surface area contributed by atoms with Gasteiger partial charge in [0.1, 0.15) is 15.7 Å². The lowest BCUT2D eigenvalue weighted by atomic mass is 10.2. The molecule has 0 bridgehead atoms. The summed E-state index contributed by atoms with van der Waals surface area (Å²) in [6.45, 7) is 0.231. The molecule has 0 saturated carbocycles. The summed E-state index contributed by atoms with van der Waals surface area (Å²) in [7, 11) is -3.02. The Morgan fingerprint density at radius 2 is 2.11 bits per heavy atom. The van der Waals surface area contributed by atoms with E-state index in [-0.39, 0.29) is 22.3 Å². The molecular formula is C11H13BrFNO3S. The molecule has 4 nitrogen and oxygen atoms in total. The van der Waals surface area contributed by atoms with Crippen molar-refractivity contribution >= 4 is 31.7 Å². The Bertz CT molecular complexity index is 545. The summed E-state index contributed by atoms with van der Waals surface area (Å²) < 4.78 is 35.0. The summed E-state index contributed by atoms with van der Waals surface area (Å²) in [4.78, 5) is 11.7. The molecule has 0 spiro atoms. The van der Waals surface area contributed by atoms with Crippen LogP contribution in [0, 0.1) is 5.82 Å². The van der Waals surface area contributed by atoms with Gasteiger partial charge in [-0.1, -0.05) is 6.07 Å². The van der Waals surface area contributed by atoms with Gasteiger partial charge in [-0.2, -0.15) is 0 Å². The van der Waals surface area contributed by atoms with Crippen molar-refractivity contribution in [1.82, 2.24) is 5.32 Å². The molecule has 1 rings (SSSR count). The quantitative estimate of drug-likeness (QED) is 0.832. The molecule has 0 aromatic heterocycles. The standard InChI is InChI=1S/C11H13BrFNO3S/c1-18(16,17)7-3-6-14-11(15)8-4-2-5-9(13)10(8)12/h2,4-5H,3,6-7H2,1H3,(H,14,15). The normalized spacial score (nSPS) is 11.3. The van der Waals surface area contributed by atoms with Crippen LogP contribution in [-0.4, -0.2) is 32.9 Å². The Labute approximate surface area is 114 Å². The summed E-state index contributed by atoms with van der Waals surface area (Å²) in [5.74, 6) is -0.939. The Kier molecular flexibility index (Phi) is 5.28. The Morgan fingerprint density at radius 1 is 1.44 bits per heavy atom. The van der Waals surface area contributed by atoms with E-state index in [2.05, 4.69) is 21.2 Å². The fraction of sp³-hybridized carbons (Fsp3) is 0.364. The van der Waals surface area contributed by atoms with E-state index in [0.717, 1.165) is 6.26 Å². The lowest BCUT2D eigenvalue weighted by Gasteiger charge is -2.06. The second-order valence-corrected chi connectivity index (χ2v) is 6.89. The van der Waals surface area contributed by atoms with Gasteiger partial charge in [0.15, 0.2) is 0 Å². The largest absolute Gasteiger partial charge is 0.352 e. The van der Waals surface area contributed by atoms with E-state index in [1.54, 1.807) is 0 Å². The predicted molar refractivity (Wildman–Crippen MR) is 70.8 cm³/mol. The van der Waals surface area contributed by atoms with Gasteiger partial charge in [-0.05, 0) is 34.5 Å². The third-order valence-corrected chi connectivity index (χ3v) is 4.01. The van der Waals surface area contributed by atoms with Gasteiger partial charge in [0.05, 0.1) is 15.8 Å². The summed E-state index contributed by atoms with van der Waals surface area (Å²) >= 11 is 2.99. The van der Waals surface area contributed by atoms with Crippen LogP contribution in [0.3, 0.4) is 0 Å². The number of rotatable bonds is 5. The van der Waals surface area contributed by atoms with Crippen LogP contribution in [0.5, 0.6) is 0 Å². The van der Waals surface area contributed by atoms with Crippen LogP contribution in [0.15, 0.2) is 22.7 Å². The van der Waals surface area contributed by atoms with Crippen molar-refractivity contribution in [2.24, 2.45) is 0 Å². The van der Waals surface area contributed by atoms with Gasteiger partial charge in [0.2, 0.25) is 0 Å². The zero-order chi connectivity index (χ0) is 13.8. The summed E-state index contributed by atoms with van der Waals surface area (Å²) in [5.41, 5.74) is 0.189. The molecule has 0 radical (unpaired) electrons. The molecule has 1 N–H and O–H groups in total. The first kappa shape index (κ1) is 15.1. The Morgan fingerprint density at radius 3 is 2.72 bits per heavy atom. The number of sulfone groups is 1. The van der Waals surface area contributed by atoms with Crippen molar-refractivity contribution in [3.63, 3.8) is 0 Å². The second-order valence-electron chi connectivity index (χ2n) is 3.84. The first-order valence-electron chi connectivity index (χ1n) is 5.21. The molecule has 0 saturated heterocycles. The van der Waals surface area contributed by atoms with E-state index in [9.17, 15) is 17.6 Å². The maximum atomic E-state index is 13.2. The molecule has 1 aromatic rings. The maximum Gasteiger partial charge on any atom is 0.252 e. The van der Waals surface area contributed by atoms with Crippen molar-refractivity contribution in [3.8, 4) is 0 Å². The number of hydrogen-bond donors (Lipinski definition) is 1. The first-order chi connectivity index (χ1) is 8.31. The van der Waals surface area contributed by atoms with Crippen molar-refractivity contribution < 1.29 is 17.6 Å². The van der Waals surface area contributed by atoms with Crippen molar-refractivity contribution in [2.75, 3.05) is 18.6 Å². The number of hydrogen-bond acceptors (Lipinski definition) is 3. The number of halogens is 2. The topological polar surface area (TPSA) is 63.2 Å². The van der Waals surface area contributed by atoms with Crippen LogP contribution >= 0.6 is 15.9 Å². The minimum atomic E-state index is -3.02. The Balaban J connectivity index is 2.54. The van der Waals surface area contributed by atoms with E-state index < -0.39 is 21.6 Å². The van der Waals surface area contributed by atoms with Crippen molar-refractivity contribution in [3.05, 3.63) is 34.1 Å². The van der Waals surface area contributed by atoms with E-state index in [1.807, 2.05) is 0 Å². The minimum absolute atomic E-state index is 0.0115. The Hall–Kier alpha value is -0.950. The molecular weight excluding hydrogens is 325 g/mol. The smallest absolute Gasteiger partial charge is 0.252 e. The highest BCUT2D eigenvalue weighted by atomic mass is 79.9. The highest BCUT2D eigenvalue weighted by molar-refractivity contribution is 9.10. The van der Waals surface area contributed by atoms with Crippen molar-refractivity contribution in [2.45, 2.75) is 6.42 Å². The highest BCUT2D eigenvalue weighted by Gasteiger charge is 2.12. The highest BCUT2D eigenvalue weighted by Crippen LogP contribution is 2.20. The molecule has 0 aliphatic rings. The second kappa shape index (κ2) is 6.29. The monoisotopic (exact) mass is 337 g/mol. The summed E-state index contributed by atoms with van der Waals surface area (Å²) in [6.07, 6.45) is 1.47. The fourth-order valence-corrected chi connectivity index (χ4v) is 2.42. The zero-order valence-electron chi connectivity index (χ0n) is 9.74. The molecule has 0 fully saturated rings. The molecule has 1 amide bonds. The van der Waals surface area contributed by atoms with E-state index in [4.69, 9.17) is 0 Å². The fourth-order valence-electron chi connectivity index (χ4n) is 1.31. The first-order valence-corrected chi connectivity index (χ1v) is 8.06. The number of nitrogens with one attached hydrogen (secondary N) is 1. The molecule has 0 unspecified atom stereocenters. The van der Waals surface area contributed by atoms with Crippen LogP contribution < -0.4 is 5.32 Å². The van der Waals surface area contributed by atoms with Crippen LogP contribution in [0.2, 0.25) is 0 Å². The van der Waals surface area contributed by atoms with Gasteiger partial charge in [-0.15, -0.1) is 0 Å². The van der Waals surface area contributed by atoms with Gasteiger partial charge >= 0.3 is 0 Å². The zero-order valence-corrected chi connectivity index (χ0v) is 12.1. The van der Waals surface area contributed by atoms with Gasteiger partial charge in [0.25, 0.3) is 5.91 Å². The van der Waals surface area contributed by atoms with E-state index in [1.165, 1.54) is 18.2 Å². The summed E-state index contributed by atoms with van der Waals surface area (Å²) in [5, 5.41) is 2.54. The molecule has 1 aromatic carbocycles. The van der Waals surface area contributed by atoms with Gasteiger partial charge in [0, 0.05) is 12.8 Å². The van der Waals surface area contributed by atoms with Gasteiger partial charge in [-0.3, -0.25) is 4.79 Å². The average Bonchev–Trinajstić information content (AvgIpc) is 2.26. The van der Waals surface area contributed by atoms with Crippen LogP contribution in [0.4, 0.5) is 4.39 Å². The van der Waals surface area contributed by atoms with Crippen molar-refractivity contribution in [1.29, 1.82) is 0 Å². The third kappa shape index (κ3) is 4.73. The van der Waals surface area contributed by atoms with Crippen LogP contribution in [0.1, 0.15) is 16.8 Å². The SMILES string of the molecule is CS(=O)(=O)CCCNC(=O)c1cccc(F)c1Br. The number of amides is 1. The van der Waals surface area contributed by atoms with E-state index >= 15 is 0 Å². The number of carbonyl (C=O) groups excluding carboxylic acids is 1. The number of carbonyl (C=O) groups is 1. The van der Waals surface area contributed by atoms with Crippen LogP contribution in [0.25, 0.3) is 0 Å². The predicted octanol–water partition coefficient (Wildman–Crippen LogP) is 1.75. The molecule has 18 heavy (non-hydrogen) atoms. The third-order valence-electron chi connectivity index (χ3n) is 2.17. The van der Waals surface area contributed by atoms with Gasteiger partial charge < -0.3 is 5.32 Å². The molecule has 7 heteroatoms. The number of benzene rings is 1. The van der Waals surface area contributed by atoms with Crippen LogP contribution in [-0.2, 0) is 9.84 Å². The molecule has 100 valence electrons. The lowest BCUT2D eigenvalue weighted by molar-refractivity contribution is 0.0952. The average molecular weight is 338 g/mol. The maximum absolute atomic E-state index is 13.2.